The Morgan fingerprint density at radius 1 is 1.00 bits per heavy atom. The molecular weight excluding hydrogens is 345 g/mol. The average Bonchev–Trinajstić information content (AvgIpc) is 2.62. The number of amides is 2. The zero-order valence-corrected chi connectivity index (χ0v) is 16.0. The molecule has 27 heavy (non-hydrogen) atoms. The van der Waals surface area contributed by atoms with Crippen LogP contribution in [0.3, 0.4) is 0 Å². The molecule has 0 bridgehead atoms. The Morgan fingerprint density at radius 2 is 1.59 bits per heavy atom. The van der Waals surface area contributed by atoms with Gasteiger partial charge in [-0.2, -0.15) is 0 Å². The van der Waals surface area contributed by atoms with Crippen LogP contribution in [0.1, 0.15) is 30.5 Å². The lowest BCUT2D eigenvalue weighted by Gasteiger charge is -2.19. The highest BCUT2D eigenvalue weighted by Gasteiger charge is 2.18. The number of quaternary nitrogens is 1. The van der Waals surface area contributed by atoms with E-state index in [9.17, 15) is 14.0 Å². The monoisotopic (exact) mass is 372 g/mol. The van der Waals surface area contributed by atoms with Gasteiger partial charge >= 0.3 is 0 Å². The molecule has 2 amide bonds. The Bertz CT molecular complexity index is 760. The van der Waals surface area contributed by atoms with Crippen LogP contribution in [-0.4, -0.2) is 32.0 Å². The van der Waals surface area contributed by atoms with Gasteiger partial charge in [-0.3, -0.25) is 9.59 Å². The molecule has 3 N–H and O–H groups in total. The lowest BCUT2D eigenvalue weighted by atomic mass is 10.0. The molecule has 144 valence electrons. The lowest BCUT2D eigenvalue weighted by Crippen LogP contribution is -3.11. The third-order valence-corrected chi connectivity index (χ3v) is 4.28. The average molecular weight is 372 g/mol. The predicted molar refractivity (Wildman–Crippen MR) is 104 cm³/mol. The molecule has 2 aromatic carbocycles. The maximum atomic E-state index is 12.9. The standard InChI is InChI=1S/C21H26FN3O2/c1-4-19(16-7-5-15(2)6-8-16)24-21(27)14-25(3)13-20(26)23-18-11-9-17(22)10-12-18/h5-12,19H,4,13-14H2,1-3H3,(H,23,26)(H,24,27)/p+1/t19-/m1/s1. The molecule has 6 heteroatoms. The largest absolute Gasteiger partial charge is 0.344 e. The molecule has 0 saturated heterocycles. The van der Waals surface area contributed by atoms with Crippen LogP contribution in [0.5, 0.6) is 0 Å². The molecule has 0 radical (unpaired) electrons. The van der Waals surface area contributed by atoms with Gasteiger partial charge in [-0.1, -0.05) is 36.8 Å². The number of hydrogen-bond donors (Lipinski definition) is 3. The first-order chi connectivity index (χ1) is 12.9. The van der Waals surface area contributed by atoms with E-state index in [1.807, 2.05) is 38.1 Å². The second kappa shape index (κ2) is 9.83. The number of hydrogen-bond acceptors (Lipinski definition) is 2. The number of carbonyl (C=O) groups excluding carboxylic acids is 2. The van der Waals surface area contributed by atoms with Gasteiger partial charge in [0, 0.05) is 5.69 Å². The van der Waals surface area contributed by atoms with Gasteiger partial charge in [0.1, 0.15) is 5.82 Å². The summed E-state index contributed by atoms with van der Waals surface area (Å²) >= 11 is 0. The van der Waals surface area contributed by atoms with E-state index in [1.54, 1.807) is 7.05 Å². The van der Waals surface area contributed by atoms with Gasteiger partial charge in [-0.05, 0) is 43.2 Å². The molecule has 0 saturated carbocycles. The number of benzene rings is 2. The molecule has 5 nitrogen and oxygen atoms in total. The van der Waals surface area contributed by atoms with Crippen LogP contribution in [0.4, 0.5) is 10.1 Å². The van der Waals surface area contributed by atoms with Crippen molar-refractivity contribution in [2.24, 2.45) is 0 Å². The Kier molecular flexibility index (Phi) is 7.49. The molecular formula is C21H27FN3O2+. The summed E-state index contributed by atoms with van der Waals surface area (Å²) in [5.41, 5.74) is 2.78. The highest BCUT2D eigenvalue weighted by atomic mass is 19.1. The minimum absolute atomic E-state index is 0.0426. The van der Waals surface area contributed by atoms with E-state index in [0.717, 1.165) is 16.9 Å². The summed E-state index contributed by atoms with van der Waals surface area (Å²) in [6.07, 6.45) is 0.791. The van der Waals surface area contributed by atoms with Crippen molar-refractivity contribution in [3.63, 3.8) is 0 Å². The summed E-state index contributed by atoms with van der Waals surface area (Å²) in [5.74, 6) is -0.682. The van der Waals surface area contributed by atoms with Crippen LogP contribution in [0.25, 0.3) is 0 Å². The van der Waals surface area contributed by atoms with E-state index in [-0.39, 0.29) is 36.8 Å². The molecule has 2 aromatic rings. The van der Waals surface area contributed by atoms with E-state index >= 15 is 0 Å². The lowest BCUT2D eigenvalue weighted by molar-refractivity contribution is -0.862. The molecule has 0 aliphatic heterocycles. The number of halogens is 1. The zero-order valence-electron chi connectivity index (χ0n) is 16.0. The number of aryl methyl sites for hydroxylation is 1. The summed E-state index contributed by atoms with van der Waals surface area (Å²) < 4.78 is 12.9. The molecule has 1 unspecified atom stereocenters. The summed E-state index contributed by atoms with van der Waals surface area (Å²) in [6, 6.07) is 13.6. The fraction of sp³-hybridized carbons (Fsp3) is 0.333. The van der Waals surface area contributed by atoms with E-state index in [0.29, 0.717) is 5.69 Å². The zero-order chi connectivity index (χ0) is 19.8. The first-order valence-corrected chi connectivity index (χ1v) is 9.10. The van der Waals surface area contributed by atoms with Crippen LogP contribution < -0.4 is 15.5 Å². The van der Waals surface area contributed by atoms with Gasteiger partial charge in [0.05, 0.1) is 13.1 Å². The molecule has 0 spiro atoms. The summed E-state index contributed by atoms with van der Waals surface area (Å²) in [4.78, 5) is 25.2. The minimum Gasteiger partial charge on any atom is -0.344 e. The second-order valence-electron chi connectivity index (χ2n) is 6.80. The third-order valence-electron chi connectivity index (χ3n) is 4.28. The number of likely N-dealkylation sites (N-methyl/N-ethyl adjacent to an activating group) is 1. The van der Waals surface area contributed by atoms with E-state index in [1.165, 1.54) is 29.8 Å². The summed E-state index contributed by atoms with van der Waals surface area (Å²) in [6.45, 7) is 4.39. The number of anilines is 1. The van der Waals surface area contributed by atoms with Gasteiger partial charge in [0.15, 0.2) is 13.1 Å². The summed E-state index contributed by atoms with van der Waals surface area (Å²) in [7, 11) is 1.79. The normalized spacial score (nSPS) is 12.9. The van der Waals surface area contributed by atoms with Gasteiger partial charge in [0.25, 0.3) is 11.8 Å². The second-order valence-corrected chi connectivity index (χ2v) is 6.80. The maximum Gasteiger partial charge on any atom is 0.279 e. The Morgan fingerprint density at radius 3 is 2.19 bits per heavy atom. The van der Waals surface area contributed by atoms with Crippen LogP contribution in [0.2, 0.25) is 0 Å². The molecule has 0 aliphatic carbocycles. The summed E-state index contributed by atoms with van der Waals surface area (Å²) in [5, 5.41) is 5.73. The molecule has 0 aromatic heterocycles. The maximum absolute atomic E-state index is 12.9. The van der Waals surface area contributed by atoms with E-state index in [2.05, 4.69) is 10.6 Å². The minimum atomic E-state index is -0.355. The van der Waals surface area contributed by atoms with E-state index in [4.69, 9.17) is 0 Å². The van der Waals surface area contributed by atoms with Crippen molar-refractivity contribution in [1.82, 2.24) is 5.32 Å². The Hall–Kier alpha value is -2.73. The van der Waals surface area contributed by atoms with Crippen LogP contribution in [0, 0.1) is 12.7 Å². The Balaban J connectivity index is 1.82. The molecule has 0 fully saturated rings. The number of carbonyl (C=O) groups is 2. The topological polar surface area (TPSA) is 62.6 Å². The van der Waals surface area contributed by atoms with Gasteiger partial charge in [-0.25, -0.2) is 4.39 Å². The van der Waals surface area contributed by atoms with Crippen molar-refractivity contribution in [2.45, 2.75) is 26.3 Å². The fourth-order valence-corrected chi connectivity index (χ4v) is 2.81. The molecule has 2 atom stereocenters. The number of nitrogens with one attached hydrogen (secondary N) is 3. The molecule has 0 heterocycles. The quantitative estimate of drug-likeness (QED) is 0.662. The number of rotatable bonds is 8. The third kappa shape index (κ3) is 6.83. The van der Waals surface area contributed by atoms with Crippen LogP contribution in [-0.2, 0) is 9.59 Å². The van der Waals surface area contributed by atoms with Gasteiger partial charge in [-0.15, -0.1) is 0 Å². The van der Waals surface area contributed by atoms with Crippen molar-refractivity contribution >= 4 is 17.5 Å². The van der Waals surface area contributed by atoms with Crippen molar-refractivity contribution in [3.8, 4) is 0 Å². The van der Waals surface area contributed by atoms with Crippen molar-refractivity contribution in [3.05, 3.63) is 65.5 Å². The van der Waals surface area contributed by atoms with Crippen LogP contribution in [0.15, 0.2) is 48.5 Å². The van der Waals surface area contributed by atoms with Crippen molar-refractivity contribution < 1.29 is 18.9 Å². The van der Waals surface area contributed by atoms with Crippen molar-refractivity contribution in [2.75, 3.05) is 25.5 Å². The first kappa shape index (κ1) is 20.6. The van der Waals surface area contributed by atoms with Crippen LogP contribution >= 0.6 is 0 Å². The molecule has 2 rings (SSSR count). The molecule has 0 aliphatic rings. The van der Waals surface area contributed by atoms with Gasteiger partial charge in [0.2, 0.25) is 0 Å². The predicted octanol–water partition coefficient (Wildman–Crippen LogP) is 1.85. The Labute approximate surface area is 159 Å². The smallest absolute Gasteiger partial charge is 0.279 e. The highest BCUT2D eigenvalue weighted by molar-refractivity contribution is 5.91. The SMILES string of the molecule is CC[C@@H](NC(=O)C[NH+](C)CC(=O)Nc1ccc(F)cc1)c1ccc(C)cc1. The highest BCUT2D eigenvalue weighted by Crippen LogP contribution is 2.16. The van der Waals surface area contributed by atoms with Crippen molar-refractivity contribution in [1.29, 1.82) is 0 Å². The van der Waals surface area contributed by atoms with Gasteiger partial charge < -0.3 is 15.5 Å². The fourth-order valence-electron chi connectivity index (χ4n) is 2.81. The van der Waals surface area contributed by atoms with E-state index < -0.39 is 0 Å². The first-order valence-electron chi connectivity index (χ1n) is 9.10.